The molecule has 40 heavy (non-hydrogen) atoms. The molecular weight excluding hydrogens is 556 g/mol. The number of amides is 1. The second kappa shape index (κ2) is 11.9. The number of nitrogens with one attached hydrogen (secondary N) is 1. The van der Waals surface area contributed by atoms with E-state index in [1.54, 1.807) is 32.1 Å². The lowest BCUT2D eigenvalue weighted by atomic mass is 9.94. The van der Waals surface area contributed by atoms with Crippen molar-refractivity contribution in [1.29, 1.82) is 0 Å². The van der Waals surface area contributed by atoms with Crippen LogP contribution in [0.4, 0.5) is 11.6 Å². The van der Waals surface area contributed by atoms with E-state index in [9.17, 15) is 18.0 Å². The van der Waals surface area contributed by atoms with Crippen LogP contribution in [0.25, 0.3) is 10.8 Å². The van der Waals surface area contributed by atoms with Gasteiger partial charge in [-0.05, 0) is 54.5 Å². The number of rotatable bonds is 10. The first-order valence-electron chi connectivity index (χ1n) is 12.9. The van der Waals surface area contributed by atoms with Crippen LogP contribution in [0.5, 0.6) is 0 Å². The Morgan fingerprint density at radius 3 is 2.65 bits per heavy atom. The Kier molecular flexibility index (Phi) is 8.81. The Hall–Kier alpha value is -3.48. The molecule has 2 aromatic heterocycles. The summed E-state index contributed by atoms with van der Waals surface area (Å²) in [5.41, 5.74) is 7.91. The van der Waals surface area contributed by atoms with Crippen molar-refractivity contribution in [3.8, 4) is 0 Å². The molecule has 3 aromatic rings. The molecule has 0 aliphatic carbocycles. The van der Waals surface area contributed by atoms with Gasteiger partial charge < -0.3 is 20.3 Å². The van der Waals surface area contributed by atoms with Gasteiger partial charge in [0.1, 0.15) is 28.6 Å². The zero-order chi connectivity index (χ0) is 29.2. The molecule has 1 aliphatic heterocycles. The van der Waals surface area contributed by atoms with Crippen molar-refractivity contribution in [1.82, 2.24) is 19.6 Å². The normalized spacial score (nSPS) is 16.4. The van der Waals surface area contributed by atoms with Crippen LogP contribution >= 0.6 is 11.6 Å². The third-order valence-electron chi connectivity index (χ3n) is 6.91. The van der Waals surface area contributed by atoms with Gasteiger partial charge in [0.15, 0.2) is 0 Å². The molecule has 2 atom stereocenters. The van der Waals surface area contributed by atoms with Crippen LogP contribution in [-0.2, 0) is 37.2 Å². The van der Waals surface area contributed by atoms with Crippen molar-refractivity contribution in [3.63, 3.8) is 0 Å². The maximum absolute atomic E-state index is 13.5. The van der Waals surface area contributed by atoms with Gasteiger partial charge in [0, 0.05) is 44.8 Å². The first-order chi connectivity index (χ1) is 19.0. The highest BCUT2D eigenvalue weighted by Crippen LogP contribution is 2.28. The number of halogens is 1. The summed E-state index contributed by atoms with van der Waals surface area (Å²) in [6.45, 7) is 4.01. The number of anilines is 2. The van der Waals surface area contributed by atoms with Gasteiger partial charge in [-0.1, -0.05) is 24.6 Å². The van der Waals surface area contributed by atoms with Gasteiger partial charge in [0.2, 0.25) is 15.9 Å². The Morgan fingerprint density at radius 1 is 1.25 bits per heavy atom. The van der Waals surface area contributed by atoms with Crippen molar-refractivity contribution in [3.05, 3.63) is 52.8 Å². The highest BCUT2D eigenvalue weighted by atomic mass is 35.5. The fraction of sp³-hybridized carbons (Fsp3) is 0.407. The Bertz CT molecular complexity index is 1550. The molecule has 1 saturated heterocycles. The molecule has 4 rings (SSSR count). The molecule has 214 valence electrons. The summed E-state index contributed by atoms with van der Waals surface area (Å²) in [5.74, 6) is -0.220. The Balaban J connectivity index is 1.60. The average Bonchev–Trinajstić information content (AvgIpc) is 3.25. The number of fused-ring (bicyclic) bond motifs is 1. The number of sulfonamides is 1. The van der Waals surface area contributed by atoms with Gasteiger partial charge in [0.05, 0.1) is 11.6 Å². The fourth-order valence-corrected chi connectivity index (χ4v) is 6.48. The zero-order valence-corrected chi connectivity index (χ0v) is 24.4. The summed E-state index contributed by atoms with van der Waals surface area (Å²) in [7, 11) is -0.643. The van der Waals surface area contributed by atoms with Crippen LogP contribution in [0.2, 0.25) is 5.02 Å². The summed E-state index contributed by atoms with van der Waals surface area (Å²) >= 11 is 6.22. The molecule has 0 bridgehead atoms. The molecule has 0 saturated carbocycles. The van der Waals surface area contributed by atoms with E-state index in [0.717, 1.165) is 21.9 Å². The van der Waals surface area contributed by atoms with Gasteiger partial charge >= 0.3 is 5.97 Å². The van der Waals surface area contributed by atoms with Crippen LogP contribution < -0.4 is 15.4 Å². The number of hydrogen-bond donors (Lipinski definition) is 2. The summed E-state index contributed by atoms with van der Waals surface area (Å²) in [6, 6.07) is 5.05. The number of hydrogen-bond acceptors (Lipinski definition) is 9. The predicted molar refractivity (Wildman–Crippen MR) is 154 cm³/mol. The lowest BCUT2D eigenvalue weighted by molar-refractivity contribution is -0.153. The molecular formula is C27H33ClN6O5S. The van der Waals surface area contributed by atoms with Gasteiger partial charge in [-0.2, -0.15) is 4.72 Å². The van der Waals surface area contributed by atoms with E-state index in [-0.39, 0.29) is 35.9 Å². The first kappa shape index (κ1) is 29.5. The van der Waals surface area contributed by atoms with Gasteiger partial charge in [-0.3, -0.25) is 4.79 Å². The second-order valence-corrected chi connectivity index (χ2v) is 11.9. The standard InChI is InChI=1S/C27H33ClN6O5S/c1-5-16-12-20-17(7-9-30-24(20)29)11-18(16)13-23(27(36)39-6-2)34-10-8-22(26(34)35)32-40(37,38)19-14-21(28)25(31-15-19)33(3)4/h7,9,11-12,14-15,22-23,32H,5-6,8,10,13H2,1-4H3,(H2,29,30). The number of carbonyl (C=O) groups excluding carboxylic acids is 2. The van der Waals surface area contributed by atoms with E-state index >= 15 is 0 Å². The number of esters is 1. The van der Waals surface area contributed by atoms with Crippen molar-refractivity contribution < 1.29 is 22.7 Å². The molecule has 2 unspecified atom stereocenters. The number of nitrogens with two attached hydrogens (primary N) is 1. The number of likely N-dealkylation sites (tertiary alicyclic amines) is 1. The first-order valence-corrected chi connectivity index (χ1v) is 14.8. The van der Waals surface area contributed by atoms with Gasteiger partial charge in [-0.25, -0.2) is 23.2 Å². The highest BCUT2D eigenvalue weighted by Gasteiger charge is 2.41. The number of nitrogens with zero attached hydrogens (tertiary/aromatic N) is 4. The van der Waals surface area contributed by atoms with Crippen LogP contribution in [0, 0.1) is 0 Å². The monoisotopic (exact) mass is 588 g/mol. The molecule has 1 amide bonds. The number of ether oxygens (including phenoxy) is 1. The number of aryl methyl sites for hydroxylation is 1. The van der Waals surface area contributed by atoms with Crippen LogP contribution in [-0.4, -0.2) is 74.5 Å². The summed E-state index contributed by atoms with van der Waals surface area (Å²) in [4.78, 5) is 37.8. The molecule has 3 heterocycles. The lowest BCUT2D eigenvalue weighted by Gasteiger charge is -2.27. The SMILES string of the molecule is CCOC(=O)C(Cc1cc2ccnc(N)c2cc1CC)N1CCC(NS(=O)(=O)c2cnc(N(C)C)c(Cl)c2)C1=O. The number of aromatic nitrogens is 2. The quantitative estimate of drug-likeness (QED) is 0.341. The average molecular weight is 589 g/mol. The minimum Gasteiger partial charge on any atom is -0.464 e. The maximum Gasteiger partial charge on any atom is 0.329 e. The summed E-state index contributed by atoms with van der Waals surface area (Å²) < 4.78 is 34.0. The van der Waals surface area contributed by atoms with E-state index in [1.165, 1.54) is 17.2 Å². The predicted octanol–water partition coefficient (Wildman–Crippen LogP) is 2.55. The van der Waals surface area contributed by atoms with Crippen LogP contribution in [0.15, 0.2) is 41.6 Å². The fourth-order valence-electron chi connectivity index (χ4n) is 4.89. The zero-order valence-electron chi connectivity index (χ0n) is 22.8. The number of nitrogen functional groups attached to an aromatic ring is 1. The molecule has 1 aliphatic rings. The third kappa shape index (κ3) is 5.98. The largest absolute Gasteiger partial charge is 0.464 e. The van der Waals surface area contributed by atoms with E-state index < -0.39 is 34.0 Å². The molecule has 0 radical (unpaired) electrons. The van der Waals surface area contributed by atoms with Crippen molar-refractivity contribution in [2.45, 2.75) is 50.1 Å². The van der Waals surface area contributed by atoms with Crippen LogP contribution in [0.3, 0.4) is 0 Å². The maximum atomic E-state index is 13.5. The second-order valence-electron chi connectivity index (χ2n) is 9.73. The molecule has 11 nitrogen and oxygen atoms in total. The van der Waals surface area contributed by atoms with Gasteiger partial charge in [-0.15, -0.1) is 0 Å². The summed E-state index contributed by atoms with van der Waals surface area (Å²) in [6.07, 6.45) is 3.88. The van der Waals surface area contributed by atoms with Crippen molar-refractivity contribution in [2.24, 2.45) is 0 Å². The minimum absolute atomic E-state index is 0.144. The van der Waals surface area contributed by atoms with E-state index in [1.807, 2.05) is 25.1 Å². The number of carbonyl (C=O) groups is 2. The lowest BCUT2D eigenvalue weighted by Crippen LogP contribution is -2.48. The van der Waals surface area contributed by atoms with Crippen molar-refractivity contribution in [2.75, 3.05) is 37.9 Å². The van der Waals surface area contributed by atoms with E-state index in [0.29, 0.717) is 18.1 Å². The van der Waals surface area contributed by atoms with Gasteiger partial charge in [0.25, 0.3) is 0 Å². The number of benzene rings is 1. The molecule has 0 spiro atoms. The van der Waals surface area contributed by atoms with Crippen LogP contribution in [0.1, 0.15) is 31.4 Å². The van der Waals surface area contributed by atoms with E-state index in [2.05, 4.69) is 14.7 Å². The number of pyridine rings is 2. The summed E-state index contributed by atoms with van der Waals surface area (Å²) in [5, 5.41) is 1.85. The topological polar surface area (TPSA) is 148 Å². The third-order valence-corrected chi connectivity index (χ3v) is 8.63. The van der Waals surface area contributed by atoms with E-state index in [4.69, 9.17) is 22.1 Å². The highest BCUT2D eigenvalue weighted by molar-refractivity contribution is 7.89. The molecule has 1 fully saturated rings. The molecule has 3 N–H and O–H groups in total. The minimum atomic E-state index is -4.12. The molecule has 1 aromatic carbocycles. The molecule has 13 heteroatoms. The Labute approximate surface area is 238 Å². The van der Waals surface area contributed by atoms with Crippen molar-refractivity contribution >= 4 is 55.9 Å². The Morgan fingerprint density at radius 2 is 2.00 bits per heavy atom. The smallest absolute Gasteiger partial charge is 0.329 e.